The smallest absolute Gasteiger partial charge is 0.348 e. The van der Waals surface area contributed by atoms with Crippen LogP contribution in [0.3, 0.4) is 0 Å². The summed E-state index contributed by atoms with van der Waals surface area (Å²) in [4.78, 5) is 12.5. The van der Waals surface area contributed by atoms with Gasteiger partial charge in [0, 0.05) is 0 Å². The third-order valence-corrected chi connectivity index (χ3v) is 7.31. The zero-order valence-corrected chi connectivity index (χ0v) is 23.9. The molecule has 0 fully saturated rings. The lowest BCUT2D eigenvalue weighted by Gasteiger charge is -2.31. The minimum Gasteiger partial charge on any atom is -0.478 e. The molecule has 0 aliphatic rings. The van der Waals surface area contributed by atoms with Crippen LogP contribution in [-0.2, 0) is 4.79 Å². The molecule has 0 heterocycles. The largest absolute Gasteiger partial charge is 0.478 e. The van der Waals surface area contributed by atoms with E-state index < -0.39 is 11.6 Å². The van der Waals surface area contributed by atoms with Crippen LogP contribution >= 0.6 is 0 Å². The van der Waals surface area contributed by atoms with Crippen molar-refractivity contribution in [3.8, 4) is 5.75 Å². The molecule has 0 amide bonds. The number of hydrogen-bond acceptors (Lipinski definition) is 3. The van der Waals surface area contributed by atoms with Crippen molar-refractivity contribution in [3.05, 3.63) is 30.3 Å². The van der Waals surface area contributed by atoms with Crippen LogP contribution in [0.5, 0.6) is 5.75 Å². The second-order valence-corrected chi connectivity index (χ2v) is 10.6. The number of hydrogen-bond donors (Lipinski definition) is 2. The Kier molecular flexibility index (Phi) is 22.8. The van der Waals surface area contributed by atoms with Crippen molar-refractivity contribution in [1.82, 2.24) is 6.15 Å². The molecule has 0 aromatic heterocycles. The van der Waals surface area contributed by atoms with Crippen molar-refractivity contribution in [1.29, 1.82) is 0 Å². The molecule has 4 nitrogen and oxygen atoms in total. The Morgan fingerprint density at radius 2 is 0.944 bits per heavy atom. The predicted molar refractivity (Wildman–Crippen MR) is 155 cm³/mol. The highest BCUT2D eigenvalue weighted by Crippen LogP contribution is 2.30. The van der Waals surface area contributed by atoms with Gasteiger partial charge in [0.05, 0.1) is 0 Å². The van der Waals surface area contributed by atoms with Gasteiger partial charge in [-0.2, -0.15) is 0 Å². The molecule has 0 aliphatic carbocycles. The number of aliphatic carboxylic acids is 1. The zero-order valence-electron chi connectivity index (χ0n) is 23.9. The van der Waals surface area contributed by atoms with Crippen LogP contribution in [0.1, 0.15) is 155 Å². The van der Waals surface area contributed by atoms with E-state index in [-0.39, 0.29) is 6.15 Å². The van der Waals surface area contributed by atoms with Crippen LogP contribution < -0.4 is 10.9 Å². The molecule has 0 unspecified atom stereocenters. The second kappa shape index (κ2) is 23.8. The monoisotopic (exact) mass is 505 g/mol. The molecule has 1 aromatic carbocycles. The van der Waals surface area contributed by atoms with Crippen molar-refractivity contribution in [3.63, 3.8) is 0 Å². The maximum absolute atomic E-state index is 12.5. The van der Waals surface area contributed by atoms with Crippen molar-refractivity contribution in [2.24, 2.45) is 0 Å². The summed E-state index contributed by atoms with van der Waals surface area (Å²) in [6, 6.07) is 9.55. The zero-order chi connectivity index (χ0) is 25.5. The van der Waals surface area contributed by atoms with Crippen LogP contribution in [0.15, 0.2) is 30.3 Å². The molecule has 0 atom stereocenters. The third-order valence-electron chi connectivity index (χ3n) is 7.31. The Hall–Kier alpha value is -1.55. The minimum absolute atomic E-state index is 0. The van der Waals surface area contributed by atoms with Gasteiger partial charge in [-0.3, -0.25) is 0 Å². The van der Waals surface area contributed by atoms with E-state index >= 15 is 0 Å². The molecule has 1 rings (SSSR count). The summed E-state index contributed by atoms with van der Waals surface area (Å²) in [5.41, 5.74) is -1.10. The van der Waals surface area contributed by atoms with Crippen molar-refractivity contribution < 1.29 is 14.6 Å². The van der Waals surface area contributed by atoms with Gasteiger partial charge in [0.1, 0.15) is 5.75 Å². The van der Waals surface area contributed by atoms with Gasteiger partial charge < -0.3 is 16.0 Å². The number of carbonyl (C=O) groups is 1. The summed E-state index contributed by atoms with van der Waals surface area (Å²) < 4.78 is 6.23. The van der Waals surface area contributed by atoms with E-state index in [1.807, 2.05) is 30.3 Å². The van der Waals surface area contributed by atoms with Crippen molar-refractivity contribution in [2.75, 3.05) is 0 Å². The molecule has 0 bridgehead atoms. The average Bonchev–Trinajstić information content (AvgIpc) is 2.86. The second-order valence-electron chi connectivity index (χ2n) is 10.6. The highest BCUT2D eigenvalue weighted by molar-refractivity contribution is 5.78. The number of unbranched alkanes of at least 4 members (excludes halogenated alkanes) is 18. The van der Waals surface area contributed by atoms with Crippen LogP contribution in [0, 0.1) is 0 Å². The summed E-state index contributed by atoms with van der Waals surface area (Å²) in [5.74, 6) is -0.123. The first-order chi connectivity index (χ1) is 17.1. The Bertz CT molecular complexity index is 581. The fourth-order valence-corrected chi connectivity index (χ4v) is 4.99. The van der Waals surface area contributed by atoms with Crippen LogP contribution in [0.4, 0.5) is 0 Å². The Balaban J connectivity index is 0.0000122. The molecule has 0 aliphatic heterocycles. The lowest BCUT2D eigenvalue weighted by Crippen LogP contribution is -2.44. The molecular formula is C32H59NO3. The van der Waals surface area contributed by atoms with E-state index in [1.54, 1.807) is 0 Å². The number of carboxylic acids is 1. The van der Waals surface area contributed by atoms with Gasteiger partial charge in [0.2, 0.25) is 5.60 Å². The Labute approximate surface area is 223 Å². The fraction of sp³-hybridized carbons (Fsp3) is 0.781. The molecule has 0 spiro atoms. The van der Waals surface area contributed by atoms with Crippen LogP contribution in [-0.4, -0.2) is 16.7 Å². The standard InChI is InChI=1S/C32H56O3.H3N/c1-3-5-7-9-11-13-15-17-19-24-28-32(31(33)34,35-30-26-22-21-23-27-30)29-25-20-18-16-14-12-10-8-6-4-2;/h21-23,26-27H,3-20,24-25,28-29H2,1-2H3,(H,33,34);1H3. The van der Waals surface area contributed by atoms with Gasteiger partial charge in [-0.15, -0.1) is 0 Å². The lowest BCUT2D eigenvalue weighted by atomic mass is 9.89. The maximum atomic E-state index is 12.5. The van der Waals surface area contributed by atoms with E-state index in [9.17, 15) is 9.90 Å². The maximum Gasteiger partial charge on any atom is 0.348 e. The highest BCUT2D eigenvalue weighted by atomic mass is 16.5. The minimum atomic E-state index is -1.10. The van der Waals surface area contributed by atoms with Gasteiger partial charge >= 0.3 is 5.97 Å². The van der Waals surface area contributed by atoms with Crippen LogP contribution in [0.25, 0.3) is 0 Å². The molecule has 210 valence electrons. The first kappa shape index (κ1) is 34.5. The lowest BCUT2D eigenvalue weighted by molar-refractivity contribution is -0.157. The summed E-state index contributed by atoms with van der Waals surface area (Å²) in [6.07, 6.45) is 26.3. The molecule has 1 aromatic rings. The summed E-state index contributed by atoms with van der Waals surface area (Å²) in [6.45, 7) is 4.52. The van der Waals surface area contributed by atoms with Crippen molar-refractivity contribution >= 4 is 5.97 Å². The van der Waals surface area contributed by atoms with Gasteiger partial charge in [-0.25, -0.2) is 4.79 Å². The van der Waals surface area contributed by atoms with Gasteiger partial charge in [-0.05, 0) is 37.8 Å². The first-order valence-electron chi connectivity index (χ1n) is 15.1. The number of carboxylic acid groups (broad SMARTS) is 1. The first-order valence-corrected chi connectivity index (χ1v) is 15.1. The average molecular weight is 506 g/mol. The summed E-state index contributed by atoms with van der Waals surface area (Å²) >= 11 is 0. The van der Waals surface area contributed by atoms with Gasteiger partial charge in [-0.1, -0.05) is 148 Å². The molecule has 4 heteroatoms. The molecule has 4 N–H and O–H groups in total. The molecule has 0 radical (unpaired) electrons. The third kappa shape index (κ3) is 17.0. The van der Waals surface area contributed by atoms with E-state index in [0.717, 1.165) is 25.7 Å². The molecule has 0 saturated heterocycles. The van der Waals surface area contributed by atoms with Gasteiger partial charge in [0.15, 0.2) is 0 Å². The number of benzene rings is 1. The van der Waals surface area contributed by atoms with Crippen molar-refractivity contribution in [2.45, 2.75) is 161 Å². The normalized spacial score (nSPS) is 11.3. The molecular weight excluding hydrogens is 446 g/mol. The number of para-hydroxylation sites is 1. The fourth-order valence-electron chi connectivity index (χ4n) is 4.99. The predicted octanol–water partition coefficient (Wildman–Crippen LogP) is 10.7. The quantitative estimate of drug-likeness (QED) is 0.129. The van der Waals surface area contributed by atoms with Gasteiger partial charge in [0.25, 0.3) is 0 Å². The topological polar surface area (TPSA) is 81.5 Å². The Morgan fingerprint density at radius 3 is 1.28 bits per heavy atom. The molecule has 0 saturated carbocycles. The summed E-state index contributed by atoms with van der Waals surface area (Å²) in [7, 11) is 0. The number of ether oxygens (including phenoxy) is 1. The highest BCUT2D eigenvalue weighted by Gasteiger charge is 2.40. The summed E-state index contributed by atoms with van der Waals surface area (Å²) in [5, 5.41) is 10.2. The Morgan fingerprint density at radius 1 is 0.611 bits per heavy atom. The SMILES string of the molecule is CCCCCCCCCCCCC(CCCCCCCCCCCC)(Oc1ccccc1)C(=O)O.N. The number of rotatable bonds is 25. The van der Waals surface area contributed by atoms with Crippen LogP contribution in [0.2, 0.25) is 0 Å². The van der Waals surface area contributed by atoms with E-state index in [4.69, 9.17) is 4.74 Å². The van der Waals surface area contributed by atoms with E-state index in [2.05, 4.69) is 13.8 Å². The molecule has 36 heavy (non-hydrogen) atoms. The van der Waals surface area contributed by atoms with E-state index in [1.165, 1.54) is 103 Å². The van der Waals surface area contributed by atoms with E-state index in [0.29, 0.717) is 18.6 Å².